The molecule has 1 aliphatic rings. The number of pyridine rings is 1. The fourth-order valence-corrected chi connectivity index (χ4v) is 2.65. The van der Waals surface area contributed by atoms with Crippen LogP contribution in [0.3, 0.4) is 0 Å². The molecule has 0 saturated heterocycles. The summed E-state index contributed by atoms with van der Waals surface area (Å²) in [5.74, 6) is 1.40. The van der Waals surface area contributed by atoms with E-state index in [4.69, 9.17) is 4.74 Å². The summed E-state index contributed by atoms with van der Waals surface area (Å²) >= 11 is 0. The molecular formula is C17H16N6O2. The van der Waals surface area contributed by atoms with Crippen molar-refractivity contribution in [3.63, 3.8) is 0 Å². The average Bonchev–Trinajstić information content (AvgIpc) is 3.36. The fourth-order valence-electron chi connectivity index (χ4n) is 2.65. The Labute approximate surface area is 143 Å². The Morgan fingerprint density at radius 3 is 2.72 bits per heavy atom. The van der Waals surface area contributed by atoms with E-state index in [-0.39, 0.29) is 5.91 Å². The van der Waals surface area contributed by atoms with Crippen molar-refractivity contribution in [2.75, 3.05) is 12.4 Å². The van der Waals surface area contributed by atoms with E-state index in [1.165, 1.54) is 0 Å². The first-order valence-electron chi connectivity index (χ1n) is 7.86. The number of amides is 1. The highest BCUT2D eigenvalue weighted by atomic mass is 16.5. The lowest BCUT2D eigenvalue weighted by atomic mass is 10.1. The number of methoxy groups -OCH3 is 1. The molecule has 0 radical (unpaired) electrons. The molecule has 3 heterocycles. The van der Waals surface area contributed by atoms with E-state index < -0.39 is 5.41 Å². The van der Waals surface area contributed by atoms with Crippen molar-refractivity contribution in [3.8, 4) is 11.6 Å². The van der Waals surface area contributed by atoms with E-state index in [0.29, 0.717) is 17.5 Å². The molecule has 0 aromatic carbocycles. The molecule has 4 rings (SSSR count). The maximum absolute atomic E-state index is 12.7. The predicted octanol–water partition coefficient (Wildman–Crippen LogP) is 1.74. The molecule has 0 atom stereocenters. The Hall–Kier alpha value is -3.29. The minimum absolute atomic E-state index is 0.128. The van der Waals surface area contributed by atoms with Crippen LogP contribution in [0, 0.1) is 0 Å². The Kier molecular flexibility index (Phi) is 3.64. The highest BCUT2D eigenvalue weighted by Crippen LogP contribution is 2.47. The quantitative estimate of drug-likeness (QED) is 0.762. The van der Waals surface area contributed by atoms with Gasteiger partial charge in [-0.1, -0.05) is 0 Å². The van der Waals surface area contributed by atoms with Crippen molar-refractivity contribution in [1.29, 1.82) is 0 Å². The SMILES string of the molecule is COc1cc(-n2ccc(NC(=O)C3(c4ncccn4)CC3)n2)ccn1. The minimum Gasteiger partial charge on any atom is -0.481 e. The smallest absolute Gasteiger partial charge is 0.239 e. The van der Waals surface area contributed by atoms with Gasteiger partial charge in [0.25, 0.3) is 0 Å². The molecule has 1 amide bonds. The second-order valence-corrected chi connectivity index (χ2v) is 5.81. The van der Waals surface area contributed by atoms with Crippen LogP contribution in [-0.4, -0.2) is 37.7 Å². The van der Waals surface area contributed by atoms with Crippen molar-refractivity contribution in [2.24, 2.45) is 0 Å². The molecule has 0 spiro atoms. The van der Waals surface area contributed by atoms with Crippen LogP contribution < -0.4 is 10.1 Å². The maximum atomic E-state index is 12.7. The van der Waals surface area contributed by atoms with Crippen molar-refractivity contribution >= 4 is 11.7 Å². The number of aromatic nitrogens is 5. The average molecular weight is 336 g/mol. The van der Waals surface area contributed by atoms with Crippen LogP contribution in [0.5, 0.6) is 5.88 Å². The number of rotatable bonds is 5. The summed E-state index contributed by atoms with van der Waals surface area (Å²) in [5.41, 5.74) is 0.158. The number of nitrogens with one attached hydrogen (secondary N) is 1. The molecule has 3 aromatic heterocycles. The third kappa shape index (κ3) is 2.82. The van der Waals surface area contributed by atoms with Gasteiger partial charge in [-0.25, -0.2) is 19.6 Å². The first-order valence-corrected chi connectivity index (χ1v) is 7.86. The monoisotopic (exact) mass is 336 g/mol. The zero-order valence-electron chi connectivity index (χ0n) is 13.6. The number of ether oxygens (including phenoxy) is 1. The zero-order valence-corrected chi connectivity index (χ0v) is 13.6. The van der Waals surface area contributed by atoms with Crippen LogP contribution >= 0.6 is 0 Å². The second kappa shape index (κ2) is 5.97. The van der Waals surface area contributed by atoms with Gasteiger partial charge in [-0.3, -0.25) is 4.79 Å². The number of anilines is 1. The van der Waals surface area contributed by atoms with Gasteiger partial charge in [-0.2, -0.15) is 5.10 Å². The Morgan fingerprint density at radius 1 is 1.20 bits per heavy atom. The summed E-state index contributed by atoms with van der Waals surface area (Å²) in [7, 11) is 1.56. The van der Waals surface area contributed by atoms with E-state index in [1.54, 1.807) is 60.8 Å². The number of nitrogens with zero attached hydrogens (tertiary/aromatic N) is 5. The van der Waals surface area contributed by atoms with Crippen LogP contribution in [-0.2, 0) is 10.2 Å². The first-order chi connectivity index (χ1) is 12.2. The first kappa shape index (κ1) is 15.3. The lowest BCUT2D eigenvalue weighted by molar-refractivity contribution is -0.118. The van der Waals surface area contributed by atoms with Crippen LogP contribution in [0.25, 0.3) is 5.69 Å². The summed E-state index contributed by atoms with van der Waals surface area (Å²) in [4.78, 5) is 25.2. The summed E-state index contributed by atoms with van der Waals surface area (Å²) in [6, 6.07) is 7.05. The maximum Gasteiger partial charge on any atom is 0.239 e. The lowest BCUT2D eigenvalue weighted by Gasteiger charge is -2.12. The number of carbonyl (C=O) groups excluding carboxylic acids is 1. The molecule has 8 heteroatoms. The number of carbonyl (C=O) groups is 1. The zero-order chi connectivity index (χ0) is 17.3. The van der Waals surface area contributed by atoms with Gasteiger partial charge < -0.3 is 10.1 Å². The molecule has 3 aromatic rings. The van der Waals surface area contributed by atoms with E-state index in [0.717, 1.165) is 18.5 Å². The molecule has 1 N–H and O–H groups in total. The van der Waals surface area contributed by atoms with E-state index in [2.05, 4.69) is 25.4 Å². The van der Waals surface area contributed by atoms with Gasteiger partial charge in [-0.15, -0.1) is 0 Å². The van der Waals surface area contributed by atoms with Crippen molar-refractivity contribution < 1.29 is 9.53 Å². The molecule has 1 aliphatic carbocycles. The lowest BCUT2D eigenvalue weighted by Crippen LogP contribution is -2.29. The van der Waals surface area contributed by atoms with Gasteiger partial charge in [0.15, 0.2) is 5.82 Å². The minimum atomic E-state index is -0.634. The predicted molar refractivity (Wildman–Crippen MR) is 89.5 cm³/mol. The van der Waals surface area contributed by atoms with E-state index in [9.17, 15) is 4.79 Å². The Bertz CT molecular complexity index is 904. The topological polar surface area (TPSA) is 94.8 Å². The van der Waals surface area contributed by atoms with Gasteiger partial charge in [0.1, 0.15) is 11.2 Å². The van der Waals surface area contributed by atoms with Crippen LogP contribution in [0.15, 0.2) is 49.1 Å². The molecule has 0 unspecified atom stereocenters. The summed E-state index contributed by atoms with van der Waals surface area (Å²) in [5, 5.41) is 7.26. The van der Waals surface area contributed by atoms with Gasteiger partial charge in [0.05, 0.1) is 12.8 Å². The molecule has 8 nitrogen and oxygen atoms in total. The van der Waals surface area contributed by atoms with Gasteiger partial charge in [-0.05, 0) is 25.0 Å². The molecule has 1 fully saturated rings. The van der Waals surface area contributed by atoms with Crippen molar-refractivity contribution in [1.82, 2.24) is 24.7 Å². The largest absolute Gasteiger partial charge is 0.481 e. The Morgan fingerprint density at radius 2 is 2.00 bits per heavy atom. The van der Waals surface area contributed by atoms with Crippen molar-refractivity contribution in [2.45, 2.75) is 18.3 Å². The van der Waals surface area contributed by atoms with Crippen LogP contribution in [0.4, 0.5) is 5.82 Å². The Balaban J connectivity index is 1.52. The molecule has 1 saturated carbocycles. The van der Waals surface area contributed by atoms with Crippen molar-refractivity contribution in [3.05, 3.63) is 54.9 Å². The van der Waals surface area contributed by atoms with Gasteiger partial charge in [0, 0.05) is 36.9 Å². The van der Waals surface area contributed by atoms with Crippen LogP contribution in [0.2, 0.25) is 0 Å². The summed E-state index contributed by atoms with van der Waals surface area (Å²) < 4.78 is 6.76. The summed E-state index contributed by atoms with van der Waals surface area (Å²) in [6.07, 6.45) is 8.20. The molecule has 25 heavy (non-hydrogen) atoms. The summed E-state index contributed by atoms with van der Waals surface area (Å²) in [6.45, 7) is 0. The van der Waals surface area contributed by atoms with Crippen LogP contribution in [0.1, 0.15) is 18.7 Å². The van der Waals surface area contributed by atoms with Gasteiger partial charge >= 0.3 is 0 Å². The number of hydrogen-bond acceptors (Lipinski definition) is 6. The normalized spacial score (nSPS) is 14.8. The third-order valence-electron chi connectivity index (χ3n) is 4.20. The molecule has 0 aliphatic heterocycles. The van der Waals surface area contributed by atoms with Gasteiger partial charge in [0.2, 0.25) is 11.8 Å². The van der Waals surface area contributed by atoms with E-state index >= 15 is 0 Å². The standard InChI is InChI=1S/C17H16N6O2/c1-25-14-11-12(3-9-18-14)23-10-4-13(22-23)21-16(24)17(5-6-17)15-19-7-2-8-20-15/h2-4,7-11H,5-6H2,1H3,(H,21,22,24). The highest BCUT2D eigenvalue weighted by molar-refractivity contribution is 6.00. The third-order valence-corrected chi connectivity index (χ3v) is 4.20. The fraction of sp³-hybridized carbons (Fsp3) is 0.235. The highest BCUT2D eigenvalue weighted by Gasteiger charge is 2.54. The molecule has 0 bridgehead atoms. The molecule has 126 valence electrons. The number of hydrogen-bond donors (Lipinski definition) is 1. The van der Waals surface area contributed by atoms with E-state index in [1.807, 2.05) is 0 Å². The molecular weight excluding hydrogens is 320 g/mol. The second-order valence-electron chi connectivity index (χ2n) is 5.81.